The molecule has 0 fully saturated rings. The van der Waals surface area contributed by atoms with E-state index in [9.17, 15) is 4.79 Å². The van der Waals surface area contributed by atoms with E-state index in [-0.39, 0.29) is 68.0 Å². The van der Waals surface area contributed by atoms with Crippen molar-refractivity contribution < 1.29 is 52.8 Å². The average Bonchev–Trinajstić information content (AvgIpc) is 2.11. The van der Waals surface area contributed by atoms with Gasteiger partial charge in [-0.25, -0.2) is 0 Å². The summed E-state index contributed by atoms with van der Waals surface area (Å²) in [4.78, 5) is 10.4. The van der Waals surface area contributed by atoms with Crippen LogP contribution in [0.1, 0.15) is 5.56 Å². The number of aromatic hydroxyl groups is 2. The van der Waals surface area contributed by atoms with Crippen molar-refractivity contribution in [2.24, 2.45) is 5.73 Å². The zero-order chi connectivity index (χ0) is 10.7. The summed E-state index contributed by atoms with van der Waals surface area (Å²) >= 11 is 0. The largest absolute Gasteiger partial charge is 0.504 e. The summed E-state index contributed by atoms with van der Waals surface area (Å²) in [5, 5.41) is 26.6. The standard InChI is InChI=1S/C9H11NO4.Al.Y/c10-6(9(13)14)3-5-1-2-7(11)8(12)4-5;;/h1-2,4,6,11-12H,3,10H2,(H,13,14);;/t6-;;/m0../s1. The molecule has 16 heavy (non-hydrogen) atoms. The molecule has 82 valence electrons. The summed E-state index contributed by atoms with van der Waals surface area (Å²) in [5.41, 5.74) is 5.86. The third-order valence-electron chi connectivity index (χ3n) is 1.81. The maximum Gasteiger partial charge on any atom is 0.320 e. The minimum atomic E-state index is -1.10. The Morgan fingerprint density at radius 3 is 2.31 bits per heavy atom. The van der Waals surface area contributed by atoms with E-state index in [0.717, 1.165) is 0 Å². The molecule has 7 heteroatoms. The fourth-order valence-corrected chi connectivity index (χ4v) is 1.04. The molecule has 0 saturated heterocycles. The van der Waals surface area contributed by atoms with Gasteiger partial charge in [-0.15, -0.1) is 0 Å². The van der Waals surface area contributed by atoms with Crippen LogP contribution in [0.4, 0.5) is 0 Å². The predicted molar refractivity (Wildman–Crippen MR) is 54.8 cm³/mol. The van der Waals surface area contributed by atoms with Crippen molar-refractivity contribution in [1.29, 1.82) is 0 Å². The Balaban J connectivity index is 0. The summed E-state index contributed by atoms with van der Waals surface area (Å²) < 4.78 is 0. The number of carboxylic acid groups (broad SMARTS) is 1. The van der Waals surface area contributed by atoms with Crippen LogP contribution in [-0.4, -0.2) is 44.7 Å². The molecule has 1 atom stereocenters. The number of benzene rings is 1. The molecule has 4 radical (unpaired) electrons. The van der Waals surface area contributed by atoms with Crippen LogP contribution >= 0.6 is 0 Å². The molecule has 0 heterocycles. The third kappa shape index (κ3) is 5.29. The van der Waals surface area contributed by atoms with E-state index in [1.807, 2.05) is 0 Å². The summed E-state index contributed by atoms with van der Waals surface area (Å²) in [6.07, 6.45) is 0.114. The Bertz CT molecular complexity index is 361. The van der Waals surface area contributed by atoms with E-state index in [1.165, 1.54) is 18.2 Å². The normalized spacial score (nSPS) is 10.8. The van der Waals surface area contributed by atoms with Crippen molar-refractivity contribution in [3.05, 3.63) is 23.8 Å². The number of aliphatic carboxylic acids is 1. The van der Waals surface area contributed by atoms with Gasteiger partial charge in [-0.3, -0.25) is 4.79 Å². The van der Waals surface area contributed by atoms with Crippen LogP contribution in [0.2, 0.25) is 0 Å². The minimum absolute atomic E-state index is 0. The number of hydrogen-bond acceptors (Lipinski definition) is 4. The molecule has 0 saturated carbocycles. The number of nitrogens with two attached hydrogens (primary N) is 1. The molecule has 0 spiro atoms. The van der Waals surface area contributed by atoms with Gasteiger partial charge in [-0.05, 0) is 24.1 Å². The van der Waals surface area contributed by atoms with Crippen molar-refractivity contribution in [3.8, 4) is 11.5 Å². The van der Waals surface area contributed by atoms with Gasteiger partial charge in [-0.2, -0.15) is 0 Å². The van der Waals surface area contributed by atoms with Crippen molar-refractivity contribution in [1.82, 2.24) is 0 Å². The SMILES string of the molecule is N[C@@H](Cc1ccc(O)c(O)c1)C(=O)O.[Al].[Y]. The first-order chi connectivity index (χ1) is 6.50. The number of phenols is 2. The number of phenolic OH excluding ortho intramolecular Hbond substituents is 2. The monoisotopic (exact) mass is 313 g/mol. The van der Waals surface area contributed by atoms with Gasteiger partial charge in [-0.1, -0.05) is 6.07 Å². The zero-order valence-corrected chi connectivity index (χ0v) is 12.5. The predicted octanol–water partition coefficient (Wildman–Crippen LogP) is -0.331. The van der Waals surface area contributed by atoms with E-state index >= 15 is 0 Å². The Hall–Kier alpha value is -0.114. The second-order valence-corrected chi connectivity index (χ2v) is 2.97. The molecule has 1 aromatic carbocycles. The van der Waals surface area contributed by atoms with E-state index < -0.39 is 12.0 Å². The second-order valence-electron chi connectivity index (χ2n) is 2.97. The minimum Gasteiger partial charge on any atom is -0.504 e. The van der Waals surface area contributed by atoms with Crippen molar-refractivity contribution in [2.75, 3.05) is 0 Å². The van der Waals surface area contributed by atoms with E-state index in [1.54, 1.807) is 0 Å². The topological polar surface area (TPSA) is 104 Å². The smallest absolute Gasteiger partial charge is 0.320 e. The van der Waals surface area contributed by atoms with Crippen LogP contribution in [0.15, 0.2) is 18.2 Å². The van der Waals surface area contributed by atoms with Crippen LogP contribution < -0.4 is 5.73 Å². The fraction of sp³-hybridized carbons (Fsp3) is 0.222. The summed E-state index contributed by atoms with van der Waals surface area (Å²) in [6.45, 7) is 0. The Labute approximate surface area is 129 Å². The number of rotatable bonds is 3. The van der Waals surface area contributed by atoms with Crippen LogP contribution in [0.25, 0.3) is 0 Å². The molecule has 0 aliphatic heterocycles. The average molecular weight is 313 g/mol. The first-order valence-electron chi connectivity index (χ1n) is 4.00. The van der Waals surface area contributed by atoms with Crippen LogP contribution in [0.3, 0.4) is 0 Å². The zero-order valence-electron chi connectivity index (χ0n) is 8.50. The van der Waals surface area contributed by atoms with Crippen molar-refractivity contribution >= 4 is 23.3 Å². The quantitative estimate of drug-likeness (QED) is 0.452. The van der Waals surface area contributed by atoms with Gasteiger partial charge in [0.2, 0.25) is 0 Å². The molecule has 1 aromatic rings. The molecule has 0 amide bonds. The Morgan fingerprint density at radius 1 is 1.31 bits per heavy atom. The van der Waals surface area contributed by atoms with Gasteiger partial charge in [0.05, 0.1) is 0 Å². The van der Waals surface area contributed by atoms with Crippen LogP contribution in [0.5, 0.6) is 11.5 Å². The second kappa shape index (κ2) is 8.05. The van der Waals surface area contributed by atoms with Gasteiger partial charge in [0, 0.05) is 50.1 Å². The molecule has 5 N–H and O–H groups in total. The molecule has 0 bridgehead atoms. The number of hydrogen-bond donors (Lipinski definition) is 4. The molecular weight excluding hydrogens is 302 g/mol. The summed E-state index contributed by atoms with van der Waals surface area (Å²) in [7, 11) is 0. The maximum atomic E-state index is 10.4. The van der Waals surface area contributed by atoms with Crippen molar-refractivity contribution in [2.45, 2.75) is 12.5 Å². The van der Waals surface area contributed by atoms with E-state index in [0.29, 0.717) is 5.56 Å². The summed E-state index contributed by atoms with van der Waals surface area (Å²) in [5.74, 6) is -1.62. The molecule has 0 aliphatic carbocycles. The molecular formula is C9H11AlNO4Y. The van der Waals surface area contributed by atoms with Crippen molar-refractivity contribution in [3.63, 3.8) is 0 Å². The van der Waals surface area contributed by atoms with Gasteiger partial charge in [0.15, 0.2) is 11.5 Å². The van der Waals surface area contributed by atoms with Gasteiger partial charge < -0.3 is 21.1 Å². The van der Waals surface area contributed by atoms with Gasteiger partial charge in [0.1, 0.15) is 6.04 Å². The summed E-state index contributed by atoms with van der Waals surface area (Å²) in [6, 6.07) is 3.09. The number of carbonyl (C=O) groups is 1. The van der Waals surface area contributed by atoms with Gasteiger partial charge in [0.25, 0.3) is 0 Å². The van der Waals surface area contributed by atoms with Gasteiger partial charge >= 0.3 is 5.97 Å². The maximum absolute atomic E-state index is 10.4. The Kier molecular flexibility index (Phi) is 9.18. The first kappa shape index (κ1) is 18.3. The first-order valence-corrected chi connectivity index (χ1v) is 4.00. The molecule has 1 rings (SSSR count). The Morgan fingerprint density at radius 2 is 1.88 bits per heavy atom. The third-order valence-corrected chi connectivity index (χ3v) is 1.81. The molecule has 0 aromatic heterocycles. The molecule has 0 aliphatic rings. The van der Waals surface area contributed by atoms with Crippen LogP contribution in [-0.2, 0) is 43.9 Å². The number of carboxylic acids is 1. The fourth-order valence-electron chi connectivity index (χ4n) is 1.04. The molecule has 0 unspecified atom stereocenters. The van der Waals surface area contributed by atoms with Crippen LogP contribution in [0, 0.1) is 0 Å². The molecule has 5 nitrogen and oxygen atoms in total. The van der Waals surface area contributed by atoms with E-state index in [2.05, 4.69) is 0 Å². The van der Waals surface area contributed by atoms with E-state index in [4.69, 9.17) is 21.1 Å².